The number of aliphatic hydroxyl groups is 1. The maximum Gasteiger partial charge on any atom is 0.326 e. The number of hydrogen-bond acceptors (Lipinski definition) is 4. The molecular formula is C11H15N3O4. The van der Waals surface area contributed by atoms with E-state index in [-0.39, 0.29) is 13.0 Å². The SMILES string of the molecule is Cc1nn(C)cc1C(=O)N1CC(O)C[C@H]1C(=O)O. The van der Waals surface area contributed by atoms with E-state index in [1.807, 2.05) is 0 Å². The third-order valence-electron chi connectivity index (χ3n) is 3.07. The van der Waals surface area contributed by atoms with Crippen LogP contribution in [0.15, 0.2) is 6.20 Å². The molecule has 0 aromatic carbocycles. The monoisotopic (exact) mass is 253 g/mol. The summed E-state index contributed by atoms with van der Waals surface area (Å²) in [6.07, 6.45) is 0.841. The van der Waals surface area contributed by atoms with Crippen LogP contribution in [0.5, 0.6) is 0 Å². The predicted molar refractivity (Wildman–Crippen MR) is 61.0 cm³/mol. The average molecular weight is 253 g/mol. The first kappa shape index (κ1) is 12.6. The molecule has 2 heterocycles. The minimum Gasteiger partial charge on any atom is -0.480 e. The van der Waals surface area contributed by atoms with Crippen LogP contribution in [0.25, 0.3) is 0 Å². The zero-order valence-corrected chi connectivity index (χ0v) is 10.2. The van der Waals surface area contributed by atoms with Gasteiger partial charge in [0, 0.05) is 26.2 Å². The number of rotatable bonds is 2. The van der Waals surface area contributed by atoms with Crippen molar-refractivity contribution in [3.63, 3.8) is 0 Å². The van der Waals surface area contributed by atoms with E-state index in [1.165, 1.54) is 9.58 Å². The number of likely N-dealkylation sites (tertiary alicyclic amines) is 1. The van der Waals surface area contributed by atoms with E-state index in [0.717, 1.165) is 0 Å². The molecule has 2 atom stereocenters. The Labute approximate surface area is 104 Å². The number of β-amino-alcohol motifs (C(OH)–C–C–N with tert-alkyl or cyclic N) is 1. The van der Waals surface area contributed by atoms with Crippen molar-refractivity contribution >= 4 is 11.9 Å². The molecule has 18 heavy (non-hydrogen) atoms. The summed E-state index contributed by atoms with van der Waals surface area (Å²) in [4.78, 5) is 24.5. The Bertz CT molecular complexity index is 496. The molecule has 98 valence electrons. The smallest absolute Gasteiger partial charge is 0.326 e. The van der Waals surface area contributed by atoms with Crippen LogP contribution in [0.1, 0.15) is 22.5 Å². The molecule has 2 rings (SSSR count). The molecule has 0 radical (unpaired) electrons. The second kappa shape index (κ2) is 4.41. The van der Waals surface area contributed by atoms with Crippen LogP contribution in [0.4, 0.5) is 0 Å². The molecule has 1 saturated heterocycles. The topological polar surface area (TPSA) is 95.7 Å². The molecule has 1 aromatic rings. The molecule has 1 aliphatic rings. The van der Waals surface area contributed by atoms with Crippen molar-refractivity contribution in [1.29, 1.82) is 0 Å². The summed E-state index contributed by atoms with van der Waals surface area (Å²) in [7, 11) is 1.69. The number of carboxylic acid groups (broad SMARTS) is 1. The van der Waals surface area contributed by atoms with Gasteiger partial charge >= 0.3 is 5.97 Å². The lowest BCUT2D eigenvalue weighted by Crippen LogP contribution is -2.40. The van der Waals surface area contributed by atoms with Gasteiger partial charge in [0.05, 0.1) is 17.4 Å². The normalized spacial score (nSPS) is 23.4. The number of carbonyl (C=O) groups is 2. The molecule has 0 saturated carbocycles. The van der Waals surface area contributed by atoms with Crippen LogP contribution in [0.2, 0.25) is 0 Å². The first-order valence-electron chi connectivity index (χ1n) is 5.62. The molecule has 1 aromatic heterocycles. The van der Waals surface area contributed by atoms with Crippen LogP contribution in [0.3, 0.4) is 0 Å². The van der Waals surface area contributed by atoms with Gasteiger partial charge < -0.3 is 15.1 Å². The lowest BCUT2D eigenvalue weighted by Gasteiger charge is -2.20. The van der Waals surface area contributed by atoms with Gasteiger partial charge in [-0.1, -0.05) is 0 Å². The Morgan fingerprint density at radius 3 is 2.67 bits per heavy atom. The number of amides is 1. The molecule has 1 fully saturated rings. The maximum atomic E-state index is 12.2. The summed E-state index contributed by atoms with van der Waals surface area (Å²) >= 11 is 0. The molecule has 0 aliphatic carbocycles. The standard InChI is InChI=1S/C11H15N3O4/c1-6-8(5-13(2)12-6)10(16)14-4-7(15)3-9(14)11(17)18/h5,7,9,15H,3-4H2,1-2H3,(H,17,18)/t7?,9-/m0/s1. The zero-order chi connectivity index (χ0) is 13.4. The molecule has 1 unspecified atom stereocenters. The summed E-state index contributed by atoms with van der Waals surface area (Å²) in [6.45, 7) is 1.74. The molecule has 1 amide bonds. The number of aromatic nitrogens is 2. The number of carbonyl (C=O) groups excluding carboxylic acids is 1. The van der Waals surface area contributed by atoms with Crippen molar-refractivity contribution in [2.45, 2.75) is 25.5 Å². The zero-order valence-electron chi connectivity index (χ0n) is 10.2. The van der Waals surface area contributed by atoms with E-state index in [0.29, 0.717) is 11.3 Å². The summed E-state index contributed by atoms with van der Waals surface area (Å²) in [6, 6.07) is -0.966. The minimum absolute atomic E-state index is 0.0458. The predicted octanol–water partition coefficient (Wildman–Crippen LogP) is -0.611. The van der Waals surface area contributed by atoms with Gasteiger partial charge in [0.15, 0.2) is 0 Å². The van der Waals surface area contributed by atoms with E-state index < -0.39 is 24.0 Å². The molecule has 1 aliphatic heterocycles. The van der Waals surface area contributed by atoms with Gasteiger partial charge in [-0.15, -0.1) is 0 Å². The van der Waals surface area contributed by atoms with E-state index in [2.05, 4.69) is 5.10 Å². The number of aliphatic carboxylic acids is 1. The first-order chi connectivity index (χ1) is 8.40. The highest BCUT2D eigenvalue weighted by atomic mass is 16.4. The second-order valence-corrected chi connectivity index (χ2v) is 4.50. The Balaban J connectivity index is 2.28. The Hall–Kier alpha value is -1.89. The van der Waals surface area contributed by atoms with Crippen LogP contribution in [-0.2, 0) is 11.8 Å². The third kappa shape index (κ3) is 2.08. The van der Waals surface area contributed by atoms with Gasteiger partial charge in [0.1, 0.15) is 6.04 Å². The molecular weight excluding hydrogens is 238 g/mol. The van der Waals surface area contributed by atoms with Gasteiger partial charge in [-0.2, -0.15) is 5.10 Å². The van der Waals surface area contributed by atoms with Gasteiger partial charge in [-0.3, -0.25) is 9.48 Å². The van der Waals surface area contributed by atoms with Gasteiger partial charge in [-0.25, -0.2) is 4.79 Å². The summed E-state index contributed by atoms with van der Waals surface area (Å²) < 4.78 is 1.50. The second-order valence-electron chi connectivity index (χ2n) is 4.50. The van der Waals surface area contributed by atoms with Crippen molar-refractivity contribution in [3.05, 3.63) is 17.5 Å². The minimum atomic E-state index is -1.10. The lowest BCUT2D eigenvalue weighted by molar-refractivity contribution is -0.141. The third-order valence-corrected chi connectivity index (χ3v) is 3.07. The van der Waals surface area contributed by atoms with Gasteiger partial charge in [-0.05, 0) is 6.92 Å². The molecule has 7 nitrogen and oxygen atoms in total. The summed E-state index contributed by atoms with van der Waals surface area (Å²) in [5.74, 6) is -1.49. The Morgan fingerprint density at radius 1 is 1.50 bits per heavy atom. The molecule has 2 N–H and O–H groups in total. The van der Waals surface area contributed by atoms with Crippen molar-refractivity contribution < 1.29 is 19.8 Å². The van der Waals surface area contributed by atoms with E-state index in [1.54, 1.807) is 20.2 Å². The highest BCUT2D eigenvalue weighted by Crippen LogP contribution is 2.21. The van der Waals surface area contributed by atoms with Crippen molar-refractivity contribution in [2.24, 2.45) is 7.05 Å². The molecule has 7 heteroatoms. The highest BCUT2D eigenvalue weighted by molar-refractivity contribution is 5.97. The lowest BCUT2D eigenvalue weighted by atomic mass is 10.2. The fraction of sp³-hybridized carbons (Fsp3) is 0.545. The number of aryl methyl sites for hydroxylation is 2. The largest absolute Gasteiger partial charge is 0.480 e. The van der Waals surface area contributed by atoms with Crippen LogP contribution in [-0.4, -0.2) is 55.5 Å². The maximum absolute atomic E-state index is 12.2. The van der Waals surface area contributed by atoms with Crippen molar-refractivity contribution in [3.8, 4) is 0 Å². The number of carboxylic acids is 1. The van der Waals surface area contributed by atoms with E-state index in [9.17, 15) is 14.7 Å². The first-order valence-corrected chi connectivity index (χ1v) is 5.62. The summed E-state index contributed by atoms with van der Waals surface area (Å²) in [5.41, 5.74) is 0.922. The van der Waals surface area contributed by atoms with Crippen molar-refractivity contribution in [1.82, 2.24) is 14.7 Å². The summed E-state index contributed by atoms with van der Waals surface area (Å²) in [5, 5.41) is 22.6. The number of nitrogens with zero attached hydrogens (tertiary/aromatic N) is 3. The molecule has 0 bridgehead atoms. The average Bonchev–Trinajstić information content (AvgIpc) is 2.81. The van der Waals surface area contributed by atoms with Crippen LogP contribution >= 0.6 is 0 Å². The highest BCUT2D eigenvalue weighted by Gasteiger charge is 2.39. The van der Waals surface area contributed by atoms with Crippen LogP contribution < -0.4 is 0 Å². The molecule has 0 spiro atoms. The number of aliphatic hydroxyl groups excluding tert-OH is 1. The number of hydrogen-bond donors (Lipinski definition) is 2. The van der Waals surface area contributed by atoms with E-state index >= 15 is 0 Å². The van der Waals surface area contributed by atoms with E-state index in [4.69, 9.17) is 5.11 Å². The van der Waals surface area contributed by atoms with Crippen molar-refractivity contribution in [2.75, 3.05) is 6.54 Å². The Morgan fingerprint density at radius 2 is 2.17 bits per heavy atom. The fourth-order valence-corrected chi connectivity index (χ4v) is 2.24. The van der Waals surface area contributed by atoms with Gasteiger partial charge in [0.2, 0.25) is 0 Å². The van der Waals surface area contributed by atoms with Crippen LogP contribution in [0, 0.1) is 6.92 Å². The Kier molecular flexibility index (Phi) is 3.08. The fourth-order valence-electron chi connectivity index (χ4n) is 2.24. The van der Waals surface area contributed by atoms with Gasteiger partial charge in [0.25, 0.3) is 5.91 Å². The quantitative estimate of drug-likeness (QED) is 0.733.